The van der Waals surface area contributed by atoms with Crippen LogP contribution >= 0.6 is 0 Å². The highest BCUT2D eigenvalue weighted by Crippen LogP contribution is 2.25. The molecule has 5 nitrogen and oxygen atoms in total. The largest absolute Gasteiger partial charge is 0.338 e. The number of anilines is 1. The molecule has 0 unspecified atom stereocenters. The molecule has 2 aliphatic rings. The molecule has 0 spiro atoms. The number of rotatable bonds is 5. The lowest BCUT2D eigenvalue weighted by Gasteiger charge is -2.33. The Morgan fingerprint density at radius 1 is 1.14 bits per heavy atom. The minimum atomic E-state index is -0.154. The smallest absolute Gasteiger partial charge is 0.321 e. The Labute approximate surface area is 170 Å². The third-order valence-corrected chi connectivity index (χ3v) is 5.85. The number of aryl methyl sites for hydroxylation is 1. The molecule has 6 heteroatoms. The van der Waals surface area contributed by atoms with Crippen LogP contribution < -0.4 is 10.2 Å². The van der Waals surface area contributed by atoms with E-state index in [9.17, 15) is 14.0 Å². The van der Waals surface area contributed by atoms with Gasteiger partial charge in [-0.1, -0.05) is 24.3 Å². The van der Waals surface area contributed by atoms with Crippen molar-refractivity contribution in [2.24, 2.45) is 5.92 Å². The van der Waals surface area contributed by atoms with Crippen LogP contribution in [0.2, 0.25) is 0 Å². The summed E-state index contributed by atoms with van der Waals surface area (Å²) in [5.74, 6) is 0.223. The molecule has 2 fully saturated rings. The summed E-state index contributed by atoms with van der Waals surface area (Å²) in [5.41, 5.74) is 2.10. The van der Waals surface area contributed by atoms with Crippen molar-refractivity contribution in [1.82, 2.24) is 10.2 Å². The highest BCUT2D eigenvalue weighted by Gasteiger charge is 2.26. The lowest BCUT2D eigenvalue weighted by Crippen LogP contribution is -2.40. The van der Waals surface area contributed by atoms with Crippen LogP contribution in [0.3, 0.4) is 0 Å². The number of amides is 3. The Morgan fingerprint density at radius 2 is 2.00 bits per heavy atom. The van der Waals surface area contributed by atoms with Gasteiger partial charge in [-0.3, -0.25) is 9.69 Å². The van der Waals surface area contributed by atoms with Gasteiger partial charge in [0.15, 0.2) is 0 Å². The number of carbonyl (C=O) groups is 2. The van der Waals surface area contributed by atoms with Gasteiger partial charge in [0.1, 0.15) is 5.82 Å². The number of hydrogen-bond donors (Lipinski definition) is 1. The zero-order valence-electron chi connectivity index (χ0n) is 16.4. The van der Waals surface area contributed by atoms with Gasteiger partial charge in [-0.05, 0) is 61.4 Å². The van der Waals surface area contributed by atoms with Crippen LogP contribution in [0.5, 0.6) is 0 Å². The van der Waals surface area contributed by atoms with Crippen molar-refractivity contribution in [2.75, 3.05) is 31.1 Å². The second kappa shape index (κ2) is 8.64. The van der Waals surface area contributed by atoms with E-state index in [2.05, 4.69) is 5.32 Å². The molecule has 4 rings (SSSR count). The molecule has 0 radical (unpaired) electrons. The van der Waals surface area contributed by atoms with E-state index in [1.807, 2.05) is 35.2 Å². The van der Waals surface area contributed by atoms with Crippen LogP contribution in [0.4, 0.5) is 14.9 Å². The summed E-state index contributed by atoms with van der Waals surface area (Å²) in [6.45, 7) is 2.66. The Balaban J connectivity index is 1.40. The summed E-state index contributed by atoms with van der Waals surface area (Å²) in [4.78, 5) is 28.5. The second-order valence-electron chi connectivity index (χ2n) is 7.82. The average Bonchev–Trinajstić information content (AvgIpc) is 3.19. The van der Waals surface area contributed by atoms with Crippen molar-refractivity contribution in [2.45, 2.75) is 25.7 Å². The molecule has 2 heterocycles. The summed E-state index contributed by atoms with van der Waals surface area (Å²) >= 11 is 0. The van der Waals surface area contributed by atoms with Gasteiger partial charge in [0, 0.05) is 37.4 Å². The van der Waals surface area contributed by atoms with Crippen molar-refractivity contribution in [3.05, 3.63) is 65.5 Å². The second-order valence-corrected chi connectivity index (χ2v) is 7.82. The SMILES string of the molecule is O=C(c1cccc(N2CCNC2=O)c1)N1CCC[C@@H](CCc2ccccc2F)C1. The number of likely N-dealkylation sites (tertiary alicyclic amines) is 1. The number of benzene rings is 2. The first-order chi connectivity index (χ1) is 14.1. The topological polar surface area (TPSA) is 52.7 Å². The molecular weight excluding hydrogens is 369 g/mol. The van der Waals surface area contributed by atoms with E-state index in [1.165, 1.54) is 6.07 Å². The molecule has 2 aromatic rings. The Hall–Kier alpha value is -2.89. The molecule has 0 bridgehead atoms. The molecule has 2 saturated heterocycles. The van der Waals surface area contributed by atoms with Gasteiger partial charge in [-0.2, -0.15) is 0 Å². The first-order valence-electron chi connectivity index (χ1n) is 10.3. The zero-order chi connectivity index (χ0) is 20.2. The van der Waals surface area contributed by atoms with Gasteiger partial charge in [0.25, 0.3) is 5.91 Å². The van der Waals surface area contributed by atoms with E-state index < -0.39 is 0 Å². The summed E-state index contributed by atoms with van der Waals surface area (Å²) < 4.78 is 13.9. The molecule has 3 amide bonds. The molecule has 0 aliphatic carbocycles. The third kappa shape index (κ3) is 4.42. The molecule has 2 aliphatic heterocycles. The fourth-order valence-electron chi connectivity index (χ4n) is 4.25. The average molecular weight is 395 g/mol. The van der Waals surface area contributed by atoms with E-state index in [0.29, 0.717) is 37.5 Å². The Morgan fingerprint density at radius 3 is 2.79 bits per heavy atom. The van der Waals surface area contributed by atoms with Crippen molar-refractivity contribution in [3.63, 3.8) is 0 Å². The van der Waals surface area contributed by atoms with Gasteiger partial charge < -0.3 is 10.2 Å². The Bertz CT molecular complexity index is 901. The standard InChI is InChI=1S/C23H26FN3O2/c24-21-9-2-1-6-18(21)11-10-17-5-4-13-26(16-17)22(28)19-7-3-8-20(15-19)27-14-12-25-23(27)29/h1-3,6-9,15,17H,4-5,10-14,16H2,(H,25,29)/t17-/m0/s1. The summed E-state index contributed by atoms with van der Waals surface area (Å²) in [7, 11) is 0. The molecule has 152 valence electrons. The van der Waals surface area contributed by atoms with Crippen LogP contribution in [0.25, 0.3) is 0 Å². The van der Waals surface area contributed by atoms with E-state index in [-0.39, 0.29) is 17.8 Å². The molecule has 0 saturated carbocycles. The lowest BCUT2D eigenvalue weighted by atomic mass is 9.91. The quantitative estimate of drug-likeness (QED) is 0.836. The predicted molar refractivity (Wildman–Crippen MR) is 111 cm³/mol. The number of hydrogen-bond acceptors (Lipinski definition) is 2. The minimum Gasteiger partial charge on any atom is -0.338 e. The maximum absolute atomic E-state index is 13.9. The predicted octanol–water partition coefficient (Wildman–Crippen LogP) is 3.84. The zero-order valence-corrected chi connectivity index (χ0v) is 16.4. The molecular formula is C23H26FN3O2. The number of halogens is 1. The fourth-order valence-corrected chi connectivity index (χ4v) is 4.25. The van der Waals surface area contributed by atoms with Gasteiger partial charge in [0.2, 0.25) is 0 Å². The number of carbonyl (C=O) groups excluding carboxylic acids is 2. The number of urea groups is 1. The van der Waals surface area contributed by atoms with Crippen molar-refractivity contribution in [3.8, 4) is 0 Å². The van der Waals surface area contributed by atoms with Crippen LogP contribution in [0.15, 0.2) is 48.5 Å². The molecule has 2 aromatic carbocycles. The summed E-state index contributed by atoms with van der Waals surface area (Å²) in [6.07, 6.45) is 3.59. The van der Waals surface area contributed by atoms with E-state index >= 15 is 0 Å². The minimum absolute atomic E-state index is 0.00190. The number of nitrogens with one attached hydrogen (secondary N) is 1. The third-order valence-electron chi connectivity index (χ3n) is 5.85. The summed E-state index contributed by atoms with van der Waals surface area (Å²) in [6, 6.07) is 14.1. The van der Waals surface area contributed by atoms with E-state index in [4.69, 9.17) is 0 Å². The monoisotopic (exact) mass is 395 g/mol. The van der Waals surface area contributed by atoms with Crippen molar-refractivity contribution in [1.29, 1.82) is 0 Å². The van der Waals surface area contributed by atoms with Gasteiger partial charge in [0.05, 0.1) is 0 Å². The van der Waals surface area contributed by atoms with Gasteiger partial charge in [-0.25, -0.2) is 9.18 Å². The molecule has 29 heavy (non-hydrogen) atoms. The highest BCUT2D eigenvalue weighted by atomic mass is 19.1. The highest BCUT2D eigenvalue weighted by molar-refractivity contribution is 5.98. The van der Waals surface area contributed by atoms with Crippen LogP contribution in [0, 0.1) is 11.7 Å². The molecule has 0 aromatic heterocycles. The van der Waals surface area contributed by atoms with Gasteiger partial charge >= 0.3 is 6.03 Å². The van der Waals surface area contributed by atoms with E-state index in [0.717, 1.165) is 37.1 Å². The van der Waals surface area contributed by atoms with Crippen molar-refractivity contribution >= 4 is 17.6 Å². The summed E-state index contributed by atoms with van der Waals surface area (Å²) in [5, 5.41) is 2.78. The van der Waals surface area contributed by atoms with Crippen molar-refractivity contribution < 1.29 is 14.0 Å². The fraction of sp³-hybridized carbons (Fsp3) is 0.391. The van der Waals surface area contributed by atoms with Crippen LogP contribution in [-0.2, 0) is 6.42 Å². The Kier molecular flexibility index (Phi) is 5.79. The maximum Gasteiger partial charge on any atom is 0.321 e. The lowest BCUT2D eigenvalue weighted by molar-refractivity contribution is 0.0668. The number of piperidine rings is 1. The molecule has 1 N–H and O–H groups in total. The maximum atomic E-state index is 13.9. The van der Waals surface area contributed by atoms with E-state index in [1.54, 1.807) is 17.0 Å². The van der Waals surface area contributed by atoms with Crippen LogP contribution in [0.1, 0.15) is 35.2 Å². The molecule has 1 atom stereocenters. The number of nitrogens with zero attached hydrogens (tertiary/aromatic N) is 2. The van der Waals surface area contributed by atoms with Gasteiger partial charge in [-0.15, -0.1) is 0 Å². The normalized spacial score (nSPS) is 19.3. The van der Waals surface area contributed by atoms with Crippen LogP contribution in [-0.4, -0.2) is 43.0 Å². The first kappa shape index (κ1) is 19.4. The first-order valence-corrected chi connectivity index (χ1v) is 10.3.